The summed E-state index contributed by atoms with van der Waals surface area (Å²) in [6, 6.07) is 16.1. The van der Waals surface area contributed by atoms with Gasteiger partial charge in [0.25, 0.3) is 0 Å². The summed E-state index contributed by atoms with van der Waals surface area (Å²) in [5, 5.41) is 3.02. The van der Waals surface area contributed by atoms with Gasteiger partial charge in [0.2, 0.25) is 5.91 Å². The van der Waals surface area contributed by atoms with Crippen molar-refractivity contribution in [3.8, 4) is 11.5 Å². The molecule has 1 heterocycles. The number of aryl methyl sites for hydroxylation is 1. The molecule has 5 nitrogen and oxygen atoms in total. The zero-order chi connectivity index (χ0) is 19.6. The van der Waals surface area contributed by atoms with Crippen LogP contribution in [0.3, 0.4) is 0 Å². The first kappa shape index (κ1) is 20.1. The van der Waals surface area contributed by atoms with Gasteiger partial charge < -0.3 is 19.7 Å². The van der Waals surface area contributed by atoms with Crippen LogP contribution in [0.25, 0.3) is 0 Å². The number of rotatable bonds is 10. The lowest BCUT2D eigenvalue weighted by Gasteiger charge is -2.31. The Kier molecular flexibility index (Phi) is 7.59. The van der Waals surface area contributed by atoms with Crippen LogP contribution in [0.5, 0.6) is 11.5 Å². The van der Waals surface area contributed by atoms with Gasteiger partial charge in [0, 0.05) is 31.7 Å². The molecule has 28 heavy (non-hydrogen) atoms. The van der Waals surface area contributed by atoms with Gasteiger partial charge in [-0.15, -0.1) is 0 Å². The van der Waals surface area contributed by atoms with Crippen LogP contribution in [0.2, 0.25) is 0 Å². The second kappa shape index (κ2) is 10.6. The van der Waals surface area contributed by atoms with E-state index in [1.807, 2.05) is 24.3 Å². The molecule has 1 N–H and O–H groups in total. The number of nitrogens with zero attached hydrogens (tertiary/aromatic N) is 1. The number of benzene rings is 2. The molecule has 0 radical (unpaired) electrons. The third kappa shape index (κ3) is 5.91. The fourth-order valence-corrected chi connectivity index (χ4v) is 3.52. The van der Waals surface area contributed by atoms with Crippen LogP contribution in [0, 0.1) is 0 Å². The quantitative estimate of drug-likeness (QED) is 0.635. The largest absolute Gasteiger partial charge is 0.497 e. The molecule has 0 fully saturated rings. The highest BCUT2D eigenvalue weighted by molar-refractivity contribution is 5.75. The summed E-state index contributed by atoms with van der Waals surface area (Å²) in [6.45, 7) is 3.34. The maximum Gasteiger partial charge on any atom is 0.220 e. The first-order chi connectivity index (χ1) is 13.8. The van der Waals surface area contributed by atoms with E-state index in [0.717, 1.165) is 37.6 Å². The summed E-state index contributed by atoms with van der Waals surface area (Å²) >= 11 is 0. The lowest BCUT2D eigenvalue weighted by atomic mass is 10.0. The Balaban J connectivity index is 1.27. The number of hydrogen-bond acceptors (Lipinski definition) is 4. The first-order valence-electron chi connectivity index (χ1n) is 10.1. The molecule has 0 aliphatic carbocycles. The highest BCUT2D eigenvalue weighted by Gasteiger charge is 2.15. The van der Waals surface area contributed by atoms with Gasteiger partial charge in [-0.05, 0) is 61.6 Å². The van der Waals surface area contributed by atoms with Crippen molar-refractivity contribution in [2.75, 3.05) is 38.3 Å². The van der Waals surface area contributed by atoms with E-state index in [9.17, 15) is 4.79 Å². The summed E-state index contributed by atoms with van der Waals surface area (Å²) in [5.74, 6) is 1.69. The van der Waals surface area contributed by atoms with E-state index in [0.29, 0.717) is 19.4 Å². The van der Waals surface area contributed by atoms with Crippen molar-refractivity contribution in [1.82, 2.24) is 5.32 Å². The predicted octanol–water partition coefficient (Wildman–Crippen LogP) is 3.81. The molecule has 150 valence electrons. The molecule has 0 saturated heterocycles. The average Bonchev–Trinajstić information content (AvgIpc) is 2.75. The summed E-state index contributed by atoms with van der Waals surface area (Å²) in [4.78, 5) is 14.4. The minimum atomic E-state index is 0.0948. The summed E-state index contributed by atoms with van der Waals surface area (Å²) in [5.41, 5.74) is 2.80. The Morgan fingerprint density at radius 1 is 1.07 bits per heavy atom. The molecule has 3 rings (SSSR count). The van der Waals surface area contributed by atoms with E-state index >= 15 is 0 Å². The zero-order valence-electron chi connectivity index (χ0n) is 16.7. The fourth-order valence-electron chi connectivity index (χ4n) is 3.52. The monoisotopic (exact) mass is 382 g/mol. The van der Waals surface area contributed by atoms with Crippen molar-refractivity contribution in [1.29, 1.82) is 0 Å². The number of methoxy groups -OCH3 is 1. The number of para-hydroxylation sites is 1. The normalized spacial score (nSPS) is 13.0. The van der Waals surface area contributed by atoms with Gasteiger partial charge in [-0.1, -0.05) is 18.2 Å². The van der Waals surface area contributed by atoms with E-state index in [1.165, 1.54) is 24.1 Å². The van der Waals surface area contributed by atoms with Gasteiger partial charge in [-0.25, -0.2) is 0 Å². The van der Waals surface area contributed by atoms with Crippen LogP contribution in [0.15, 0.2) is 48.5 Å². The smallest absolute Gasteiger partial charge is 0.220 e. The van der Waals surface area contributed by atoms with Crippen LogP contribution >= 0.6 is 0 Å². The Morgan fingerprint density at radius 3 is 2.68 bits per heavy atom. The summed E-state index contributed by atoms with van der Waals surface area (Å²) in [7, 11) is 1.64. The number of anilines is 1. The second-order valence-corrected chi connectivity index (χ2v) is 7.05. The third-order valence-electron chi connectivity index (χ3n) is 5.01. The van der Waals surface area contributed by atoms with Crippen LogP contribution in [0.1, 0.15) is 31.2 Å². The van der Waals surface area contributed by atoms with E-state index in [2.05, 4.69) is 34.5 Å². The van der Waals surface area contributed by atoms with Gasteiger partial charge >= 0.3 is 0 Å². The minimum Gasteiger partial charge on any atom is -0.497 e. The molecular weight excluding hydrogens is 352 g/mol. The van der Waals surface area contributed by atoms with Crippen LogP contribution < -0.4 is 19.7 Å². The number of fused-ring (bicyclic) bond motifs is 1. The SMILES string of the molecule is COc1ccc(OCCCC(=O)NCCCN2CCCc3ccccc32)cc1. The second-order valence-electron chi connectivity index (χ2n) is 7.05. The zero-order valence-corrected chi connectivity index (χ0v) is 16.7. The van der Waals surface area contributed by atoms with E-state index in [-0.39, 0.29) is 5.91 Å². The molecule has 0 atom stereocenters. The first-order valence-corrected chi connectivity index (χ1v) is 10.1. The highest BCUT2D eigenvalue weighted by atomic mass is 16.5. The molecule has 0 unspecified atom stereocenters. The average molecular weight is 383 g/mol. The molecule has 1 aliphatic heterocycles. The minimum absolute atomic E-state index is 0.0948. The third-order valence-corrected chi connectivity index (χ3v) is 5.01. The van der Waals surface area contributed by atoms with Gasteiger partial charge in [0.1, 0.15) is 11.5 Å². The Morgan fingerprint density at radius 2 is 1.86 bits per heavy atom. The van der Waals surface area contributed by atoms with Crippen LogP contribution in [0.4, 0.5) is 5.69 Å². The Hall–Kier alpha value is -2.69. The molecule has 2 aromatic carbocycles. The number of nitrogens with one attached hydrogen (secondary N) is 1. The van der Waals surface area contributed by atoms with Crippen LogP contribution in [-0.2, 0) is 11.2 Å². The number of carbonyl (C=O) groups is 1. The number of hydrogen-bond donors (Lipinski definition) is 1. The number of carbonyl (C=O) groups excluding carboxylic acids is 1. The van der Waals surface area contributed by atoms with Crippen molar-refractivity contribution in [2.45, 2.75) is 32.1 Å². The molecule has 5 heteroatoms. The Labute approximate surface area is 167 Å². The molecule has 0 spiro atoms. The molecule has 0 saturated carbocycles. The molecule has 1 amide bonds. The molecule has 2 aromatic rings. The van der Waals surface area contributed by atoms with Crippen LogP contribution in [-0.4, -0.2) is 39.3 Å². The lowest BCUT2D eigenvalue weighted by molar-refractivity contribution is -0.121. The summed E-state index contributed by atoms with van der Waals surface area (Å²) in [6.07, 6.45) is 4.53. The molecule has 0 bridgehead atoms. The van der Waals surface area contributed by atoms with Crippen molar-refractivity contribution < 1.29 is 14.3 Å². The Bertz CT molecular complexity index is 746. The molecular formula is C23H30N2O3. The lowest BCUT2D eigenvalue weighted by Crippen LogP contribution is -2.33. The van der Waals surface area contributed by atoms with Crippen molar-refractivity contribution in [3.05, 3.63) is 54.1 Å². The van der Waals surface area contributed by atoms with Crippen molar-refractivity contribution >= 4 is 11.6 Å². The number of ether oxygens (including phenoxy) is 2. The maximum absolute atomic E-state index is 12.0. The fraction of sp³-hybridized carbons (Fsp3) is 0.435. The predicted molar refractivity (Wildman–Crippen MR) is 112 cm³/mol. The standard InChI is InChI=1S/C23H30N2O3/c1-27-20-11-13-21(14-12-20)28-18-5-10-23(26)24-15-6-17-25-16-4-8-19-7-2-3-9-22(19)25/h2-3,7,9,11-14H,4-6,8,10,15-18H2,1H3,(H,24,26). The molecule has 1 aliphatic rings. The van der Waals surface area contributed by atoms with Crippen molar-refractivity contribution in [2.24, 2.45) is 0 Å². The maximum atomic E-state index is 12.0. The van der Waals surface area contributed by atoms with Gasteiger partial charge in [0.15, 0.2) is 0 Å². The number of amides is 1. The van der Waals surface area contributed by atoms with Gasteiger partial charge in [-0.2, -0.15) is 0 Å². The van der Waals surface area contributed by atoms with Gasteiger partial charge in [0.05, 0.1) is 13.7 Å². The molecule has 0 aromatic heterocycles. The van der Waals surface area contributed by atoms with E-state index < -0.39 is 0 Å². The summed E-state index contributed by atoms with van der Waals surface area (Å²) < 4.78 is 10.8. The van der Waals surface area contributed by atoms with Crippen molar-refractivity contribution in [3.63, 3.8) is 0 Å². The topological polar surface area (TPSA) is 50.8 Å². The van der Waals surface area contributed by atoms with Gasteiger partial charge in [-0.3, -0.25) is 4.79 Å². The van der Waals surface area contributed by atoms with E-state index in [4.69, 9.17) is 9.47 Å². The highest BCUT2D eigenvalue weighted by Crippen LogP contribution is 2.26. The van der Waals surface area contributed by atoms with E-state index in [1.54, 1.807) is 7.11 Å².